The molecule has 0 N–H and O–H groups in total. The van der Waals surface area contributed by atoms with Gasteiger partial charge in [-0.15, -0.1) is 0 Å². The molecule has 0 aromatic heterocycles. The fourth-order valence-corrected chi connectivity index (χ4v) is 7.16. The molecule has 0 aromatic rings. The van der Waals surface area contributed by atoms with Crippen LogP contribution in [0, 0.1) is 0 Å². The fraction of sp³-hybridized carbons (Fsp3) is 0.833. The molecule has 0 radical (unpaired) electrons. The van der Waals surface area contributed by atoms with Crippen LogP contribution >= 0.6 is 7.82 Å². The third kappa shape index (κ3) is 43.8. The van der Waals surface area contributed by atoms with Gasteiger partial charge < -0.3 is 27.9 Å². The first kappa shape index (κ1) is 56.2. The average molecular weight is 840 g/mol. The molecule has 0 amide bonds. The summed E-state index contributed by atoms with van der Waals surface area (Å²) in [5.74, 6) is -0.840. The minimum absolute atomic E-state index is 0.0304. The molecule has 58 heavy (non-hydrogen) atoms. The molecule has 9 nitrogen and oxygen atoms in total. The highest BCUT2D eigenvalue weighted by molar-refractivity contribution is 7.45. The molecule has 2 atom stereocenters. The van der Waals surface area contributed by atoms with Gasteiger partial charge >= 0.3 is 11.9 Å². The fourth-order valence-electron chi connectivity index (χ4n) is 6.43. The summed E-state index contributed by atoms with van der Waals surface area (Å²) in [5.41, 5.74) is 0. The number of phosphoric acid groups is 1. The summed E-state index contributed by atoms with van der Waals surface area (Å²) in [6, 6.07) is 0. The molecule has 0 aliphatic rings. The van der Waals surface area contributed by atoms with Gasteiger partial charge in [0, 0.05) is 12.8 Å². The van der Waals surface area contributed by atoms with Crippen molar-refractivity contribution in [3.63, 3.8) is 0 Å². The SMILES string of the molecule is CCCCCCC/C=C\C/C=C\C/C=C\CCCCCCCCCCCCCCC(=O)OC(COC(=O)CCCCCCCCC)COP(=O)([O-])OCC[N+](C)(C)C. The number of ether oxygens (including phenoxy) is 2. The Morgan fingerprint density at radius 1 is 0.534 bits per heavy atom. The van der Waals surface area contributed by atoms with Gasteiger partial charge in [-0.3, -0.25) is 14.2 Å². The van der Waals surface area contributed by atoms with Gasteiger partial charge in [0.1, 0.15) is 19.8 Å². The lowest BCUT2D eigenvalue weighted by molar-refractivity contribution is -0.870. The zero-order chi connectivity index (χ0) is 42.8. The summed E-state index contributed by atoms with van der Waals surface area (Å²) < 4.78 is 33.8. The third-order valence-electron chi connectivity index (χ3n) is 10.2. The van der Waals surface area contributed by atoms with Crippen LogP contribution in [0.4, 0.5) is 0 Å². The first-order valence-corrected chi connectivity index (χ1v) is 25.2. The number of unbranched alkanes of at least 4 members (excludes halogenated alkanes) is 23. The molecule has 0 saturated carbocycles. The Bertz CT molecular complexity index is 1090. The van der Waals surface area contributed by atoms with Crippen LogP contribution in [0.2, 0.25) is 0 Å². The quantitative estimate of drug-likeness (QED) is 0.0196. The van der Waals surface area contributed by atoms with Gasteiger partial charge in [0.05, 0.1) is 27.7 Å². The van der Waals surface area contributed by atoms with Gasteiger partial charge in [-0.2, -0.15) is 0 Å². The minimum atomic E-state index is -4.62. The highest BCUT2D eigenvalue weighted by Crippen LogP contribution is 2.38. The number of hydrogen-bond acceptors (Lipinski definition) is 8. The molecule has 0 aliphatic carbocycles. The molecule has 10 heteroatoms. The second-order valence-electron chi connectivity index (χ2n) is 17.1. The lowest BCUT2D eigenvalue weighted by Crippen LogP contribution is -2.37. The smallest absolute Gasteiger partial charge is 0.306 e. The van der Waals surface area contributed by atoms with Crippen molar-refractivity contribution in [1.82, 2.24) is 0 Å². The summed E-state index contributed by atoms with van der Waals surface area (Å²) in [6.07, 6.45) is 46.3. The minimum Gasteiger partial charge on any atom is -0.756 e. The monoisotopic (exact) mass is 840 g/mol. The number of likely N-dealkylation sites (N-methyl/N-ethyl adjacent to an activating group) is 1. The normalized spacial score (nSPS) is 13.8. The second kappa shape index (κ2) is 40.6. The topological polar surface area (TPSA) is 111 Å². The summed E-state index contributed by atoms with van der Waals surface area (Å²) in [6.45, 7) is 4.17. The van der Waals surface area contributed by atoms with E-state index in [-0.39, 0.29) is 32.0 Å². The molecule has 0 saturated heterocycles. The lowest BCUT2D eigenvalue weighted by atomic mass is 10.0. The Kier molecular flexibility index (Phi) is 39.4. The van der Waals surface area contributed by atoms with Gasteiger partial charge in [0.15, 0.2) is 6.10 Å². The van der Waals surface area contributed by atoms with Gasteiger partial charge in [-0.05, 0) is 51.4 Å². The van der Waals surface area contributed by atoms with E-state index < -0.39 is 26.5 Å². The largest absolute Gasteiger partial charge is 0.756 e. The number of hydrogen-bond donors (Lipinski definition) is 0. The van der Waals surface area contributed by atoms with Crippen molar-refractivity contribution in [2.45, 2.75) is 213 Å². The first-order chi connectivity index (χ1) is 28.0. The van der Waals surface area contributed by atoms with Crippen molar-refractivity contribution in [3.8, 4) is 0 Å². The molecule has 0 aromatic carbocycles. The van der Waals surface area contributed by atoms with Crippen LogP contribution in [0.5, 0.6) is 0 Å². The van der Waals surface area contributed by atoms with Crippen molar-refractivity contribution < 1.29 is 42.1 Å². The Balaban J connectivity index is 4.08. The molecule has 0 fully saturated rings. The summed E-state index contributed by atoms with van der Waals surface area (Å²) in [5, 5.41) is 0. The molecule has 0 spiro atoms. The molecular weight excluding hydrogens is 750 g/mol. The number of rotatable bonds is 43. The van der Waals surface area contributed by atoms with Crippen LogP contribution in [-0.4, -0.2) is 70.0 Å². The predicted octanol–water partition coefficient (Wildman–Crippen LogP) is 13.1. The molecule has 0 aliphatic heterocycles. The van der Waals surface area contributed by atoms with Gasteiger partial charge in [-0.1, -0.05) is 179 Å². The van der Waals surface area contributed by atoms with E-state index in [1.807, 2.05) is 21.1 Å². The Morgan fingerprint density at radius 3 is 1.38 bits per heavy atom. The number of carbonyl (C=O) groups is 2. The number of quaternary nitrogens is 1. The van der Waals surface area contributed by atoms with E-state index >= 15 is 0 Å². The van der Waals surface area contributed by atoms with E-state index in [0.29, 0.717) is 17.4 Å². The number of carbonyl (C=O) groups excluding carboxylic acids is 2. The average Bonchev–Trinajstić information content (AvgIpc) is 3.17. The van der Waals surface area contributed by atoms with E-state index in [1.54, 1.807) is 0 Å². The van der Waals surface area contributed by atoms with Crippen molar-refractivity contribution >= 4 is 19.8 Å². The molecule has 0 bridgehead atoms. The third-order valence-corrected chi connectivity index (χ3v) is 11.1. The van der Waals surface area contributed by atoms with Gasteiger partial charge in [-0.25, -0.2) is 0 Å². The first-order valence-electron chi connectivity index (χ1n) is 23.7. The highest BCUT2D eigenvalue weighted by Gasteiger charge is 2.21. The number of esters is 2. The maximum absolute atomic E-state index is 12.7. The van der Waals surface area contributed by atoms with E-state index in [4.69, 9.17) is 18.5 Å². The van der Waals surface area contributed by atoms with Crippen LogP contribution in [0.15, 0.2) is 36.5 Å². The highest BCUT2D eigenvalue weighted by atomic mass is 31.2. The van der Waals surface area contributed by atoms with Crippen molar-refractivity contribution in [1.29, 1.82) is 0 Å². The lowest BCUT2D eigenvalue weighted by Gasteiger charge is -2.28. The van der Waals surface area contributed by atoms with Crippen LogP contribution in [-0.2, 0) is 32.7 Å². The van der Waals surface area contributed by atoms with E-state index in [2.05, 4.69) is 50.3 Å². The van der Waals surface area contributed by atoms with E-state index in [0.717, 1.165) is 51.4 Å². The molecule has 340 valence electrons. The molecule has 0 heterocycles. The molecule has 2 unspecified atom stereocenters. The van der Waals surface area contributed by atoms with Gasteiger partial charge in [0.25, 0.3) is 7.82 Å². The maximum atomic E-state index is 12.7. The second-order valence-corrected chi connectivity index (χ2v) is 18.5. The van der Waals surface area contributed by atoms with Gasteiger partial charge in [0.2, 0.25) is 0 Å². The van der Waals surface area contributed by atoms with E-state index in [9.17, 15) is 19.0 Å². The molecule has 0 rings (SSSR count). The Hall–Kier alpha value is -1.77. The summed E-state index contributed by atoms with van der Waals surface area (Å²) >= 11 is 0. The zero-order valence-corrected chi connectivity index (χ0v) is 39.1. The number of phosphoric ester groups is 1. The van der Waals surface area contributed by atoms with Crippen molar-refractivity contribution in [2.24, 2.45) is 0 Å². The zero-order valence-electron chi connectivity index (χ0n) is 38.2. The maximum Gasteiger partial charge on any atom is 0.306 e. The predicted molar refractivity (Wildman–Crippen MR) is 241 cm³/mol. The molecular formula is C48H90NO8P. The van der Waals surface area contributed by atoms with Crippen LogP contribution in [0.25, 0.3) is 0 Å². The number of nitrogens with zero attached hydrogens (tertiary/aromatic N) is 1. The summed E-state index contributed by atoms with van der Waals surface area (Å²) in [7, 11) is 1.17. The van der Waals surface area contributed by atoms with Crippen LogP contribution in [0.1, 0.15) is 206 Å². The van der Waals surface area contributed by atoms with Crippen molar-refractivity contribution in [3.05, 3.63) is 36.5 Å². The van der Waals surface area contributed by atoms with E-state index in [1.165, 1.54) is 122 Å². The Morgan fingerprint density at radius 2 is 0.931 bits per heavy atom. The number of allylic oxidation sites excluding steroid dienone is 6. The van der Waals surface area contributed by atoms with Crippen LogP contribution in [0.3, 0.4) is 0 Å². The summed E-state index contributed by atoms with van der Waals surface area (Å²) in [4.78, 5) is 37.4. The van der Waals surface area contributed by atoms with Crippen molar-refractivity contribution in [2.75, 3.05) is 47.5 Å². The Labute approximate surface area is 357 Å². The van der Waals surface area contributed by atoms with Crippen LogP contribution < -0.4 is 4.89 Å². The standard InChI is InChI=1S/C48H90NO8P/c1-6-8-10-12-14-15-16-17-18-19-20-21-22-23-24-25-26-27-28-29-30-31-32-33-35-37-39-41-48(51)57-46(45-56-58(52,53)55-43-42-49(3,4)5)44-54-47(50)40-38-36-34-13-11-9-7-2/h16-17,19-20,22-23,46H,6-15,18,21,24-45H2,1-5H3/b17-16-,20-19-,23-22-.